The third kappa shape index (κ3) is 1.92. The number of hydrogen-bond acceptors (Lipinski definition) is 2. The van der Waals surface area contributed by atoms with Gasteiger partial charge >= 0.3 is 6.18 Å². The molecule has 17 heavy (non-hydrogen) atoms. The maximum Gasteiger partial charge on any atom is 0.416 e. The van der Waals surface area contributed by atoms with Gasteiger partial charge in [0.15, 0.2) is 0 Å². The van der Waals surface area contributed by atoms with Crippen molar-refractivity contribution >= 4 is 0 Å². The van der Waals surface area contributed by atoms with E-state index in [2.05, 4.69) is 4.98 Å². The monoisotopic (exact) mass is 244 g/mol. The van der Waals surface area contributed by atoms with Crippen molar-refractivity contribution in [3.8, 4) is 0 Å². The molecule has 0 aromatic carbocycles. The molecule has 1 fully saturated rings. The molecule has 1 saturated carbocycles. The molecule has 0 saturated heterocycles. The minimum absolute atomic E-state index is 0.104. The summed E-state index contributed by atoms with van der Waals surface area (Å²) < 4.78 is 38.6. The van der Waals surface area contributed by atoms with Crippen LogP contribution in [-0.4, -0.2) is 11.5 Å². The molecule has 0 radical (unpaired) electrons. The number of rotatable bonds is 2. The smallest absolute Gasteiger partial charge is 0.330 e. The predicted molar refractivity (Wildman–Crippen MR) is 58.3 cm³/mol. The molecule has 1 aromatic rings. The van der Waals surface area contributed by atoms with Crippen LogP contribution in [0.15, 0.2) is 18.5 Å². The number of nitrogens with zero attached hydrogens (tertiary/aromatic N) is 1. The van der Waals surface area contributed by atoms with Crippen molar-refractivity contribution in [3.63, 3.8) is 0 Å². The second kappa shape index (κ2) is 3.70. The molecule has 1 aliphatic rings. The summed E-state index contributed by atoms with van der Waals surface area (Å²) in [4.78, 5) is 3.81. The average molecular weight is 244 g/mol. The molecule has 1 aliphatic carbocycles. The van der Waals surface area contributed by atoms with E-state index < -0.39 is 11.7 Å². The Labute approximate surface area is 98.0 Å². The van der Waals surface area contributed by atoms with Gasteiger partial charge in [0.25, 0.3) is 0 Å². The van der Waals surface area contributed by atoms with Crippen molar-refractivity contribution in [3.05, 3.63) is 29.6 Å². The van der Waals surface area contributed by atoms with Gasteiger partial charge in [0.05, 0.1) is 5.56 Å². The normalized spacial score (nSPS) is 26.9. The first kappa shape index (κ1) is 12.4. The molecular formula is C12H15F3N2. The Bertz CT molecular complexity index is 426. The van der Waals surface area contributed by atoms with Crippen molar-refractivity contribution in [1.29, 1.82) is 0 Å². The SMILES string of the molecule is CC1(C)[C@H](CN)[C@H]1c1cnccc1C(F)(F)F. The molecule has 0 aliphatic heterocycles. The second-order valence-corrected chi connectivity index (χ2v) is 5.10. The van der Waals surface area contributed by atoms with Crippen molar-refractivity contribution in [2.75, 3.05) is 6.54 Å². The van der Waals surface area contributed by atoms with Crippen molar-refractivity contribution in [2.24, 2.45) is 17.1 Å². The molecule has 2 N–H and O–H groups in total. The molecular weight excluding hydrogens is 229 g/mol. The summed E-state index contributed by atoms with van der Waals surface area (Å²) in [5.74, 6) is -0.0365. The quantitative estimate of drug-likeness (QED) is 0.868. The summed E-state index contributed by atoms with van der Waals surface area (Å²) in [6.07, 6.45) is -1.82. The van der Waals surface area contributed by atoms with E-state index in [0.29, 0.717) is 6.54 Å². The van der Waals surface area contributed by atoms with Gasteiger partial charge in [-0.15, -0.1) is 0 Å². The highest BCUT2D eigenvalue weighted by atomic mass is 19.4. The summed E-state index contributed by atoms with van der Waals surface area (Å²) in [7, 11) is 0. The molecule has 1 heterocycles. The molecule has 0 bridgehead atoms. The van der Waals surface area contributed by atoms with Crippen molar-refractivity contribution in [1.82, 2.24) is 4.98 Å². The Balaban J connectivity index is 2.42. The number of aromatic nitrogens is 1. The van der Waals surface area contributed by atoms with Crippen molar-refractivity contribution in [2.45, 2.75) is 25.9 Å². The van der Waals surface area contributed by atoms with Gasteiger partial charge in [-0.2, -0.15) is 13.2 Å². The van der Waals surface area contributed by atoms with Crippen LogP contribution in [0.4, 0.5) is 13.2 Å². The van der Waals surface area contributed by atoms with Gasteiger partial charge in [-0.1, -0.05) is 13.8 Å². The summed E-state index contributed by atoms with van der Waals surface area (Å²) >= 11 is 0. The number of nitrogens with two attached hydrogens (primary N) is 1. The summed E-state index contributed by atoms with van der Waals surface area (Å²) in [6, 6.07) is 1.04. The van der Waals surface area contributed by atoms with E-state index in [-0.39, 0.29) is 22.8 Å². The van der Waals surface area contributed by atoms with Crippen molar-refractivity contribution < 1.29 is 13.2 Å². The molecule has 0 amide bonds. The Morgan fingerprint density at radius 1 is 1.41 bits per heavy atom. The van der Waals surface area contributed by atoms with Crippen LogP contribution in [0.5, 0.6) is 0 Å². The van der Waals surface area contributed by atoms with Crippen LogP contribution in [0.2, 0.25) is 0 Å². The lowest BCUT2D eigenvalue weighted by atomic mass is 10.00. The highest BCUT2D eigenvalue weighted by Gasteiger charge is 2.59. The predicted octanol–water partition coefficient (Wildman–Crippen LogP) is 2.80. The van der Waals surface area contributed by atoms with E-state index in [1.54, 1.807) is 0 Å². The van der Waals surface area contributed by atoms with Gasteiger partial charge in [0, 0.05) is 12.4 Å². The number of alkyl halides is 3. The van der Waals surface area contributed by atoms with Gasteiger partial charge in [0.2, 0.25) is 0 Å². The highest BCUT2D eigenvalue weighted by Crippen LogP contribution is 2.64. The standard InChI is InChI=1S/C12H15F3N2/c1-11(2)9(5-16)10(11)7-6-17-4-3-8(7)12(13,14)15/h3-4,6,9-10H,5,16H2,1-2H3/t9-,10-/m1/s1. The first-order valence-electron chi connectivity index (χ1n) is 5.51. The molecule has 2 atom stereocenters. The first-order chi connectivity index (χ1) is 7.80. The molecule has 0 unspecified atom stereocenters. The first-order valence-corrected chi connectivity index (χ1v) is 5.51. The average Bonchev–Trinajstić information content (AvgIpc) is 2.79. The zero-order valence-corrected chi connectivity index (χ0v) is 9.75. The molecule has 2 nitrogen and oxygen atoms in total. The van der Waals surface area contributed by atoms with Crippen LogP contribution in [0.3, 0.4) is 0 Å². The van der Waals surface area contributed by atoms with Gasteiger partial charge in [-0.25, -0.2) is 0 Å². The van der Waals surface area contributed by atoms with Gasteiger partial charge < -0.3 is 5.73 Å². The summed E-state index contributed by atoms with van der Waals surface area (Å²) in [5, 5.41) is 0. The van der Waals surface area contributed by atoms with Gasteiger partial charge in [-0.05, 0) is 35.4 Å². The lowest BCUT2D eigenvalue weighted by Crippen LogP contribution is -2.10. The fourth-order valence-corrected chi connectivity index (χ4v) is 2.71. The maximum absolute atomic E-state index is 12.9. The Kier molecular flexibility index (Phi) is 2.69. The Hall–Kier alpha value is -1.10. The molecule has 1 aromatic heterocycles. The zero-order valence-electron chi connectivity index (χ0n) is 9.75. The van der Waals surface area contributed by atoms with Crippen LogP contribution in [0.1, 0.15) is 30.9 Å². The Morgan fingerprint density at radius 3 is 2.53 bits per heavy atom. The molecule has 94 valence electrons. The van der Waals surface area contributed by atoms with Crippen LogP contribution in [0.25, 0.3) is 0 Å². The topological polar surface area (TPSA) is 38.9 Å². The highest BCUT2D eigenvalue weighted by molar-refractivity contribution is 5.37. The number of hydrogen-bond donors (Lipinski definition) is 1. The molecule has 5 heteroatoms. The van der Waals surface area contributed by atoms with E-state index in [0.717, 1.165) is 6.07 Å². The van der Waals surface area contributed by atoms with Crippen LogP contribution in [0, 0.1) is 11.3 Å². The molecule has 2 rings (SSSR count). The third-order valence-electron chi connectivity index (χ3n) is 3.80. The maximum atomic E-state index is 12.9. The largest absolute Gasteiger partial charge is 0.416 e. The minimum Gasteiger partial charge on any atom is -0.330 e. The van der Waals surface area contributed by atoms with E-state index in [1.807, 2.05) is 13.8 Å². The van der Waals surface area contributed by atoms with Crippen LogP contribution < -0.4 is 5.73 Å². The van der Waals surface area contributed by atoms with Gasteiger partial charge in [0.1, 0.15) is 0 Å². The Morgan fingerprint density at radius 2 is 2.06 bits per heavy atom. The lowest BCUT2D eigenvalue weighted by molar-refractivity contribution is -0.138. The molecule has 0 spiro atoms. The minimum atomic E-state index is -4.32. The summed E-state index contributed by atoms with van der Waals surface area (Å²) in [6.45, 7) is 4.30. The zero-order chi connectivity index (χ0) is 12.8. The number of pyridine rings is 1. The van der Waals surface area contributed by atoms with E-state index in [1.165, 1.54) is 12.4 Å². The fraction of sp³-hybridized carbons (Fsp3) is 0.583. The third-order valence-corrected chi connectivity index (χ3v) is 3.80. The van der Waals surface area contributed by atoms with E-state index >= 15 is 0 Å². The van der Waals surface area contributed by atoms with E-state index in [9.17, 15) is 13.2 Å². The van der Waals surface area contributed by atoms with Crippen LogP contribution in [-0.2, 0) is 6.18 Å². The number of halogens is 3. The lowest BCUT2D eigenvalue weighted by Gasteiger charge is -2.12. The fourth-order valence-electron chi connectivity index (χ4n) is 2.71. The summed E-state index contributed by atoms with van der Waals surface area (Å²) in [5.41, 5.74) is 5.12. The van der Waals surface area contributed by atoms with E-state index in [4.69, 9.17) is 5.73 Å². The second-order valence-electron chi connectivity index (χ2n) is 5.10. The van der Waals surface area contributed by atoms with Crippen LogP contribution >= 0.6 is 0 Å². The van der Waals surface area contributed by atoms with Gasteiger partial charge in [-0.3, -0.25) is 4.98 Å².